The molecule has 1 aliphatic carbocycles. The van der Waals surface area contributed by atoms with Gasteiger partial charge in [0.15, 0.2) is 11.6 Å². The van der Waals surface area contributed by atoms with Crippen LogP contribution in [-0.4, -0.2) is 58.8 Å². The summed E-state index contributed by atoms with van der Waals surface area (Å²) in [6.07, 6.45) is 0.0627. The Bertz CT molecular complexity index is 1070. The van der Waals surface area contributed by atoms with Crippen molar-refractivity contribution < 1.29 is 23.5 Å². The lowest BCUT2D eigenvalue weighted by Crippen LogP contribution is -2.30. The van der Waals surface area contributed by atoms with Gasteiger partial charge in [-0.3, -0.25) is 4.79 Å². The Morgan fingerprint density at radius 1 is 1.50 bits per heavy atom. The van der Waals surface area contributed by atoms with Crippen LogP contribution < -0.4 is 16.1 Å². The Balaban J connectivity index is 1.88. The van der Waals surface area contributed by atoms with E-state index in [0.29, 0.717) is 5.71 Å². The fraction of sp³-hybridized carbons (Fsp3) is 0.412. The monoisotopic (exact) mass is 393 g/mol. The van der Waals surface area contributed by atoms with E-state index in [4.69, 9.17) is 10.6 Å². The van der Waals surface area contributed by atoms with Crippen LogP contribution in [0.2, 0.25) is 0 Å². The summed E-state index contributed by atoms with van der Waals surface area (Å²) >= 11 is 0. The van der Waals surface area contributed by atoms with Crippen molar-refractivity contribution in [2.75, 3.05) is 25.1 Å². The zero-order valence-corrected chi connectivity index (χ0v) is 14.8. The minimum Gasteiger partial charge on any atom is -0.477 e. The molecule has 1 saturated carbocycles. The number of carboxylic acid groups (broad SMARTS) is 1. The molecule has 9 nitrogen and oxygen atoms in total. The molecule has 2 aromatic heterocycles. The molecule has 0 aromatic carbocycles. The first-order valence-electron chi connectivity index (χ1n) is 8.55. The van der Waals surface area contributed by atoms with Gasteiger partial charge < -0.3 is 25.1 Å². The minimum atomic E-state index is -1.47. The van der Waals surface area contributed by atoms with Crippen molar-refractivity contribution in [3.8, 4) is 0 Å². The Kier molecular flexibility index (Phi) is 4.26. The number of oxime groups is 1. The van der Waals surface area contributed by atoms with Gasteiger partial charge in [-0.25, -0.2) is 18.6 Å². The standard InChI is InChI=1S/C17H17F2N5O4/c1-28-22-12-6-23(5-11(12)20)16-10(19)2-7-14(25)8(17(26)27)4-24(15(7)21-16)13-3-9(13)18/h2,4,9,11,13H,3,5-6,20H2,1H3,(H,26,27)/b22-12+/t9-,11?,13+/m0/s1. The second kappa shape index (κ2) is 6.51. The van der Waals surface area contributed by atoms with Crippen molar-refractivity contribution in [1.82, 2.24) is 9.55 Å². The van der Waals surface area contributed by atoms with Gasteiger partial charge in [-0.1, -0.05) is 5.16 Å². The van der Waals surface area contributed by atoms with Crippen LogP contribution in [0.25, 0.3) is 11.0 Å². The van der Waals surface area contributed by atoms with E-state index in [2.05, 4.69) is 10.1 Å². The van der Waals surface area contributed by atoms with Crippen molar-refractivity contribution in [2.45, 2.75) is 24.7 Å². The highest BCUT2D eigenvalue weighted by Crippen LogP contribution is 2.40. The third kappa shape index (κ3) is 2.87. The molecule has 1 unspecified atom stereocenters. The molecule has 3 heterocycles. The lowest BCUT2D eigenvalue weighted by molar-refractivity contribution is 0.0694. The third-order valence-corrected chi connectivity index (χ3v) is 4.91. The van der Waals surface area contributed by atoms with E-state index in [1.54, 1.807) is 0 Å². The number of hydrogen-bond donors (Lipinski definition) is 2. The van der Waals surface area contributed by atoms with Gasteiger partial charge in [-0.05, 0) is 6.07 Å². The number of anilines is 1. The number of nitrogens with zero attached hydrogens (tertiary/aromatic N) is 4. The first-order valence-corrected chi connectivity index (χ1v) is 8.55. The molecule has 0 radical (unpaired) electrons. The number of halogens is 2. The van der Waals surface area contributed by atoms with E-state index < -0.39 is 41.0 Å². The number of aromatic carboxylic acids is 1. The second-order valence-corrected chi connectivity index (χ2v) is 6.82. The van der Waals surface area contributed by atoms with E-state index in [9.17, 15) is 23.5 Å². The van der Waals surface area contributed by atoms with Crippen LogP contribution in [0, 0.1) is 5.82 Å². The Labute approximate surface area is 157 Å². The predicted octanol–water partition coefficient (Wildman–Crippen LogP) is 0.666. The topological polar surface area (TPSA) is 123 Å². The highest BCUT2D eigenvalue weighted by atomic mass is 19.1. The summed E-state index contributed by atoms with van der Waals surface area (Å²) in [5.41, 5.74) is 5.08. The number of rotatable bonds is 4. The van der Waals surface area contributed by atoms with Gasteiger partial charge in [-0.15, -0.1) is 0 Å². The summed E-state index contributed by atoms with van der Waals surface area (Å²) in [7, 11) is 1.37. The molecule has 1 saturated heterocycles. The van der Waals surface area contributed by atoms with E-state index >= 15 is 0 Å². The molecule has 11 heteroatoms. The molecule has 0 bridgehead atoms. The molecule has 3 N–H and O–H groups in total. The molecular formula is C17H17F2N5O4. The van der Waals surface area contributed by atoms with Crippen LogP contribution in [0.4, 0.5) is 14.6 Å². The highest BCUT2D eigenvalue weighted by molar-refractivity contribution is 5.97. The van der Waals surface area contributed by atoms with Crippen LogP contribution in [0.1, 0.15) is 22.8 Å². The molecular weight excluding hydrogens is 376 g/mol. The second-order valence-electron chi connectivity index (χ2n) is 6.82. The fourth-order valence-electron chi connectivity index (χ4n) is 3.40. The molecule has 28 heavy (non-hydrogen) atoms. The van der Waals surface area contributed by atoms with Gasteiger partial charge in [0, 0.05) is 19.2 Å². The van der Waals surface area contributed by atoms with E-state index in [1.807, 2.05) is 0 Å². The summed E-state index contributed by atoms with van der Waals surface area (Å²) in [6.45, 7) is 0.404. The predicted molar refractivity (Wildman–Crippen MR) is 96.1 cm³/mol. The van der Waals surface area contributed by atoms with Gasteiger partial charge in [0.2, 0.25) is 5.43 Å². The molecule has 2 fully saturated rings. The number of carboxylic acids is 1. The van der Waals surface area contributed by atoms with Gasteiger partial charge in [-0.2, -0.15) is 0 Å². The summed E-state index contributed by atoms with van der Waals surface area (Å²) in [4.78, 5) is 34.3. The largest absolute Gasteiger partial charge is 0.477 e. The number of pyridine rings is 2. The van der Waals surface area contributed by atoms with Crippen molar-refractivity contribution in [1.29, 1.82) is 0 Å². The Morgan fingerprint density at radius 3 is 2.82 bits per heavy atom. The van der Waals surface area contributed by atoms with Crippen LogP contribution >= 0.6 is 0 Å². The zero-order valence-electron chi connectivity index (χ0n) is 14.8. The SMILES string of the molecule is CO/N=C1\CN(c2nc3c(cc2F)c(=O)c(C(=O)O)cn3[C@@H]2C[C@@H]2F)CC1N. The molecule has 1 aliphatic heterocycles. The van der Waals surface area contributed by atoms with Gasteiger partial charge in [0.1, 0.15) is 24.5 Å². The summed E-state index contributed by atoms with van der Waals surface area (Å²) < 4.78 is 29.7. The highest BCUT2D eigenvalue weighted by Gasteiger charge is 2.41. The van der Waals surface area contributed by atoms with Gasteiger partial charge in [0.25, 0.3) is 0 Å². The number of alkyl halides is 1. The molecule has 4 rings (SSSR count). The first-order chi connectivity index (χ1) is 13.3. The van der Waals surface area contributed by atoms with Crippen molar-refractivity contribution in [3.05, 3.63) is 33.9 Å². The number of hydrogen-bond acceptors (Lipinski definition) is 7. The van der Waals surface area contributed by atoms with Crippen molar-refractivity contribution in [3.63, 3.8) is 0 Å². The van der Waals surface area contributed by atoms with Crippen molar-refractivity contribution >= 4 is 28.5 Å². The van der Waals surface area contributed by atoms with Gasteiger partial charge in [0.05, 0.1) is 29.7 Å². The molecule has 148 valence electrons. The Morgan fingerprint density at radius 2 is 2.21 bits per heavy atom. The van der Waals surface area contributed by atoms with Crippen molar-refractivity contribution in [2.24, 2.45) is 10.9 Å². The van der Waals surface area contributed by atoms with E-state index in [1.165, 1.54) is 16.6 Å². The molecule has 2 aromatic rings. The minimum absolute atomic E-state index is 0.0299. The number of fused-ring (bicyclic) bond motifs is 1. The number of aromatic nitrogens is 2. The molecule has 0 spiro atoms. The van der Waals surface area contributed by atoms with Crippen LogP contribution in [0.15, 0.2) is 22.2 Å². The zero-order chi connectivity index (χ0) is 20.2. The maximum absolute atomic E-state index is 14.8. The average molecular weight is 393 g/mol. The average Bonchev–Trinajstić information content (AvgIpc) is 3.25. The first kappa shape index (κ1) is 18.3. The lowest BCUT2D eigenvalue weighted by atomic mass is 10.2. The number of carbonyl (C=O) groups is 1. The normalized spacial score (nSPS) is 25.5. The smallest absolute Gasteiger partial charge is 0.341 e. The maximum atomic E-state index is 14.8. The molecule has 3 atom stereocenters. The van der Waals surface area contributed by atoms with Crippen LogP contribution in [0.3, 0.4) is 0 Å². The fourth-order valence-corrected chi connectivity index (χ4v) is 3.40. The van der Waals surface area contributed by atoms with Crippen LogP contribution in [-0.2, 0) is 4.84 Å². The molecule has 0 amide bonds. The lowest BCUT2D eigenvalue weighted by Gasteiger charge is -2.19. The Hall–Kier alpha value is -3.08. The quantitative estimate of drug-likeness (QED) is 0.732. The summed E-state index contributed by atoms with van der Waals surface area (Å²) in [6, 6.07) is -0.180. The third-order valence-electron chi connectivity index (χ3n) is 4.91. The van der Waals surface area contributed by atoms with E-state index in [0.717, 1.165) is 12.3 Å². The molecule has 2 aliphatic rings. The summed E-state index contributed by atoms with van der Waals surface area (Å²) in [5.74, 6) is -2.35. The van der Waals surface area contributed by atoms with Crippen LogP contribution in [0.5, 0.6) is 0 Å². The van der Waals surface area contributed by atoms with E-state index in [-0.39, 0.29) is 36.4 Å². The van der Waals surface area contributed by atoms with Gasteiger partial charge >= 0.3 is 5.97 Å². The summed E-state index contributed by atoms with van der Waals surface area (Å²) in [5, 5.41) is 12.9. The maximum Gasteiger partial charge on any atom is 0.341 e. The number of nitrogens with two attached hydrogens (primary N) is 1.